The summed E-state index contributed by atoms with van der Waals surface area (Å²) >= 11 is 1.38. The molecule has 0 bridgehead atoms. The number of amides is 3. The molecule has 1 aromatic carbocycles. The number of aromatic nitrogens is 1. The van der Waals surface area contributed by atoms with Gasteiger partial charge in [-0.15, -0.1) is 11.8 Å². The molecule has 0 radical (unpaired) electrons. The summed E-state index contributed by atoms with van der Waals surface area (Å²) in [6.07, 6.45) is 1.33. The van der Waals surface area contributed by atoms with Gasteiger partial charge in [0.25, 0.3) is 5.91 Å². The predicted octanol–water partition coefficient (Wildman–Crippen LogP) is 1.83. The topological polar surface area (TPSA) is 146 Å². The number of hydrogen-bond acceptors (Lipinski definition) is 7. The van der Waals surface area contributed by atoms with Crippen LogP contribution in [0.1, 0.15) is 44.6 Å². The summed E-state index contributed by atoms with van der Waals surface area (Å²) in [6.45, 7) is 7.17. The van der Waals surface area contributed by atoms with E-state index in [0.717, 1.165) is 5.39 Å². The number of nitrogens with zero attached hydrogens (tertiary/aromatic N) is 2. The molecular formula is C25H30N4O6S. The highest BCUT2D eigenvalue weighted by atomic mass is 32.2. The second-order valence-electron chi connectivity index (χ2n) is 9.51. The number of pyridine rings is 1. The number of fused-ring (bicyclic) bond motifs is 1. The van der Waals surface area contributed by atoms with E-state index in [1.165, 1.54) is 22.9 Å². The van der Waals surface area contributed by atoms with E-state index in [-0.39, 0.29) is 17.5 Å². The third-order valence-corrected chi connectivity index (χ3v) is 7.45. The highest BCUT2D eigenvalue weighted by Gasteiger charge is 2.50. The highest BCUT2D eigenvalue weighted by Crippen LogP contribution is 2.40. The zero-order chi connectivity index (χ0) is 26.6. The number of hydrogen-bond donors (Lipinski definition) is 3. The van der Waals surface area contributed by atoms with Crippen molar-refractivity contribution >= 4 is 52.5 Å². The molecule has 1 aromatic heterocycles. The molecule has 1 aliphatic heterocycles. The van der Waals surface area contributed by atoms with Crippen molar-refractivity contribution in [1.82, 2.24) is 20.5 Å². The molecule has 0 aliphatic carbocycles. The molecule has 36 heavy (non-hydrogen) atoms. The molecule has 1 fully saturated rings. The molecule has 3 amide bonds. The number of carbonyl (C=O) groups excluding carboxylic acids is 4. The van der Waals surface area contributed by atoms with Gasteiger partial charge in [-0.2, -0.15) is 0 Å². The van der Waals surface area contributed by atoms with Crippen molar-refractivity contribution in [2.75, 3.05) is 5.88 Å². The van der Waals surface area contributed by atoms with Crippen molar-refractivity contribution in [3.63, 3.8) is 0 Å². The van der Waals surface area contributed by atoms with Gasteiger partial charge in [-0.05, 0) is 31.2 Å². The third kappa shape index (κ3) is 5.84. The van der Waals surface area contributed by atoms with Gasteiger partial charge >= 0.3 is 5.97 Å². The number of thioether (sulfide) groups is 1. The number of benzene rings is 1. The van der Waals surface area contributed by atoms with Gasteiger partial charge < -0.3 is 25.4 Å². The first-order chi connectivity index (χ1) is 17.0. The Labute approximate surface area is 213 Å². The van der Waals surface area contributed by atoms with E-state index >= 15 is 0 Å². The van der Waals surface area contributed by atoms with Crippen LogP contribution in [0.3, 0.4) is 0 Å². The van der Waals surface area contributed by atoms with Crippen LogP contribution in [0.4, 0.5) is 0 Å². The van der Waals surface area contributed by atoms with Crippen molar-refractivity contribution in [1.29, 1.82) is 0 Å². The first-order valence-electron chi connectivity index (χ1n) is 11.5. The summed E-state index contributed by atoms with van der Waals surface area (Å²) in [5.74, 6) is -2.92. The molecule has 0 unspecified atom stereocenters. The second kappa shape index (κ2) is 11.1. The number of carboxylic acids is 1. The maximum Gasteiger partial charge on any atom is 0.305 e. The Hall–Kier alpha value is -3.47. The number of nitrogens with one attached hydrogen (secondary N) is 2. The van der Waals surface area contributed by atoms with Crippen molar-refractivity contribution in [3.05, 3.63) is 42.2 Å². The van der Waals surface area contributed by atoms with Crippen LogP contribution in [-0.4, -0.2) is 73.7 Å². The maximum atomic E-state index is 13.7. The summed E-state index contributed by atoms with van der Waals surface area (Å²) in [5.41, 5.74) is 0.194. The van der Waals surface area contributed by atoms with Crippen LogP contribution >= 0.6 is 11.8 Å². The molecule has 3 atom stereocenters. The van der Waals surface area contributed by atoms with E-state index in [4.69, 9.17) is 5.11 Å². The highest BCUT2D eigenvalue weighted by molar-refractivity contribution is 8.00. The van der Waals surface area contributed by atoms with E-state index < -0.39 is 53.0 Å². The van der Waals surface area contributed by atoms with Crippen molar-refractivity contribution < 1.29 is 29.1 Å². The molecular weight excluding hydrogens is 484 g/mol. The fourth-order valence-electron chi connectivity index (χ4n) is 4.20. The molecule has 2 aromatic rings. The predicted molar refractivity (Wildman–Crippen MR) is 135 cm³/mol. The lowest BCUT2D eigenvalue weighted by Crippen LogP contribution is -2.59. The molecule has 10 nitrogen and oxygen atoms in total. The fraction of sp³-hybridized carbons (Fsp3) is 0.440. The first-order valence-corrected chi connectivity index (χ1v) is 12.5. The van der Waals surface area contributed by atoms with E-state index in [1.54, 1.807) is 45.9 Å². The molecule has 1 saturated heterocycles. The molecule has 0 saturated carbocycles. The molecule has 192 valence electrons. The van der Waals surface area contributed by atoms with Crippen molar-refractivity contribution in [2.24, 2.45) is 5.92 Å². The molecule has 0 spiro atoms. The number of aldehydes is 1. The summed E-state index contributed by atoms with van der Waals surface area (Å²) in [4.78, 5) is 67.9. The lowest BCUT2D eigenvalue weighted by atomic mass is 9.97. The molecule has 1 aliphatic rings. The minimum Gasteiger partial charge on any atom is -0.481 e. The van der Waals surface area contributed by atoms with Crippen molar-refractivity contribution in [2.45, 2.75) is 57.0 Å². The summed E-state index contributed by atoms with van der Waals surface area (Å²) in [6, 6.07) is 5.97. The Morgan fingerprint density at radius 1 is 1.19 bits per heavy atom. The lowest BCUT2D eigenvalue weighted by Gasteiger charge is -2.34. The van der Waals surface area contributed by atoms with Gasteiger partial charge in [0.05, 0.1) is 18.3 Å². The van der Waals surface area contributed by atoms with Gasteiger partial charge in [-0.25, -0.2) is 0 Å². The van der Waals surface area contributed by atoms with Gasteiger partial charge in [0.15, 0.2) is 0 Å². The Bertz CT molecular complexity index is 1180. The number of carbonyl (C=O) groups is 5. The summed E-state index contributed by atoms with van der Waals surface area (Å²) in [5, 5.41) is 15.7. The van der Waals surface area contributed by atoms with Gasteiger partial charge in [-0.3, -0.25) is 24.2 Å². The summed E-state index contributed by atoms with van der Waals surface area (Å²) in [7, 11) is 0. The lowest BCUT2D eigenvalue weighted by molar-refractivity contribution is -0.143. The van der Waals surface area contributed by atoms with Crippen LogP contribution in [-0.2, 0) is 19.2 Å². The van der Waals surface area contributed by atoms with Crippen LogP contribution in [0, 0.1) is 5.92 Å². The molecule has 3 N–H and O–H groups in total. The smallest absolute Gasteiger partial charge is 0.305 e. The summed E-state index contributed by atoms with van der Waals surface area (Å²) < 4.78 is -0.709. The van der Waals surface area contributed by atoms with Crippen LogP contribution in [0.5, 0.6) is 0 Å². The van der Waals surface area contributed by atoms with Gasteiger partial charge in [0, 0.05) is 16.3 Å². The molecule has 2 heterocycles. The normalized spacial score (nSPS) is 18.5. The number of carboxylic acid groups (broad SMARTS) is 1. The third-order valence-electron chi connectivity index (χ3n) is 6.07. The van der Waals surface area contributed by atoms with Crippen LogP contribution < -0.4 is 10.6 Å². The second-order valence-corrected chi connectivity index (χ2v) is 11.1. The Morgan fingerprint density at radius 3 is 2.53 bits per heavy atom. The van der Waals surface area contributed by atoms with Gasteiger partial charge in [0.2, 0.25) is 11.8 Å². The van der Waals surface area contributed by atoms with Crippen LogP contribution in [0.15, 0.2) is 36.5 Å². The molecule has 3 rings (SSSR count). The maximum absolute atomic E-state index is 13.7. The van der Waals surface area contributed by atoms with E-state index in [1.807, 2.05) is 12.1 Å². The van der Waals surface area contributed by atoms with Crippen LogP contribution in [0.25, 0.3) is 10.8 Å². The van der Waals surface area contributed by atoms with E-state index in [0.29, 0.717) is 11.7 Å². The van der Waals surface area contributed by atoms with E-state index in [2.05, 4.69) is 15.6 Å². The first kappa shape index (κ1) is 27.1. The van der Waals surface area contributed by atoms with E-state index in [9.17, 15) is 24.0 Å². The number of rotatable bonds is 9. The Morgan fingerprint density at radius 2 is 1.89 bits per heavy atom. The Kier molecular flexibility index (Phi) is 8.34. The SMILES string of the molecule is CC(C)[C@H](NC(=O)c1nccc2ccccc12)C(=O)N1CSC(C)(C)[C@H]1C(=O)N[C@H](C=O)CC(=O)O. The zero-order valence-corrected chi connectivity index (χ0v) is 21.4. The van der Waals surface area contributed by atoms with Gasteiger partial charge in [-0.1, -0.05) is 38.1 Å². The fourth-order valence-corrected chi connectivity index (χ4v) is 5.34. The van der Waals surface area contributed by atoms with Crippen LogP contribution in [0.2, 0.25) is 0 Å². The van der Waals surface area contributed by atoms with Gasteiger partial charge in [0.1, 0.15) is 24.1 Å². The number of aliphatic carboxylic acids is 1. The van der Waals surface area contributed by atoms with Crippen molar-refractivity contribution in [3.8, 4) is 0 Å². The average molecular weight is 515 g/mol. The largest absolute Gasteiger partial charge is 0.481 e. The zero-order valence-electron chi connectivity index (χ0n) is 20.6. The quantitative estimate of drug-likeness (QED) is 0.430. The average Bonchev–Trinajstić information content (AvgIpc) is 3.15. The minimum absolute atomic E-state index is 0.194. The standard InChI is InChI=1S/C25H30N4O6S/c1-14(2)19(28-22(33)20-17-8-6-5-7-15(17)9-10-26-20)24(35)29-13-36-25(3,4)21(29)23(34)27-16(12-30)11-18(31)32/h5-10,12,14,16,19,21H,11,13H2,1-4H3,(H,27,34)(H,28,33)(H,31,32)/t16-,19-,21+/m0/s1. The Balaban J connectivity index is 1.85. The minimum atomic E-state index is -1.23. The molecule has 11 heteroatoms. The monoisotopic (exact) mass is 514 g/mol.